The minimum absolute atomic E-state index is 0.138. The van der Waals surface area contributed by atoms with E-state index < -0.39 is 0 Å². The van der Waals surface area contributed by atoms with Gasteiger partial charge in [0.2, 0.25) is 5.91 Å². The van der Waals surface area contributed by atoms with E-state index >= 15 is 0 Å². The Hall–Kier alpha value is -2.60. The lowest BCUT2D eigenvalue weighted by atomic mass is 10.1. The van der Waals surface area contributed by atoms with Crippen molar-refractivity contribution in [2.24, 2.45) is 0 Å². The van der Waals surface area contributed by atoms with Crippen molar-refractivity contribution in [3.05, 3.63) is 58.1 Å². The number of hydrogen-bond acceptors (Lipinski definition) is 3. The van der Waals surface area contributed by atoms with Crippen molar-refractivity contribution >= 4 is 45.2 Å². The molecule has 2 aromatic carbocycles. The van der Waals surface area contributed by atoms with E-state index in [1.165, 1.54) is 6.92 Å². The number of ether oxygens (including phenoxy) is 1. The zero-order chi connectivity index (χ0) is 17.1. The molecule has 0 unspecified atom stereocenters. The van der Waals surface area contributed by atoms with Crippen LogP contribution in [0.25, 0.3) is 6.08 Å². The summed E-state index contributed by atoms with van der Waals surface area (Å²) in [4.78, 5) is 23.4. The molecule has 2 N–H and O–H groups in total. The fourth-order valence-electron chi connectivity index (χ4n) is 2.34. The number of amides is 2. The third-order valence-corrected chi connectivity index (χ3v) is 4.16. The molecule has 5 nitrogen and oxygen atoms in total. The van der Waals surface area contributed by atoms with Gasteiger partial charge in [-0.05, 0) is 42.5 Å². The maximum Gasteiger partial charge on any atom is 0.255 e. The van der Waals surface area contributed by atoms with Gasteiger partial charge < -0.3 is 15.4 Å². The Morgan fingerprint density at radius 1 is 1.04 bits per heavy atom. The molecule has 0 atom stereocenters. The van der Waals surface area contributed by atoms with Gasteiger partial charge in [0.25, 0.3) is 5.91 Å². The van der Waals surface area contributed by atoms with Crippen LogP contribution in [-0.4, -0.2) is 18.4 Å². The number of anilines is 2. The van der Waals surface area contributed by atoms with E-state index in [2.05, 4.69) is 26.6 Å². The molecule has 0 aromatic heterocycles. The Labute approximate surface area is 147 Å². The summed E-state index contributed by atoms with van der Waals surface area (Å²) in [5.41, 5.74) is 2.72. The van der Waals surface area contributed by atoms with Crippen LogP contribution in [0, 0.1) is 0 Å². The monoisotopic (exact) mass is 386 g/mol. The zero-order valence-electron chi connectivity index (χ0n) is 12.9. The number of nitrogens with one attached hydrogen (secondary N) is 2. The molecule has 0 radical (unpaired) electrons. The van der Waals surface area contributed by atoms with E-state index in [-0.39, 0.29) is 18.4 Å². The normalized spacial score (nSPS) is 12.5. The number of benzene rings is 2. The second-order valence-corrected chi connectivity index (χ2v) is 6.18. The van der Waals surface area contributed by atoms with Gasteiger partial charge in [-0.3, -0.25) is 9.59 Å². The molecule has 0 aliphatic carbocycles. The maximum atomic E-state index is 12.4. The van der Waals surface area contributed by atoms with Crippen molar-refractivity contribution < 1.29 is 14.3 Å². The SMILES string of the molecule is CC(=O)Nc1ccc(NC(=O)C2=Cc3c(Br)cccc3OC2)cc1. The van der Waals surface area contributed by atoms with Gasteiger partial charge in [0.05, 0.1) is 5.57 Å². The predicted molar refractivity (Wildman–Crippen MR) is 97.0 cm³/mol. The van der Waals surface area contributed by atoms with Crippen LogP contribution in [0.3, 0.4) is 0 Å². The molecule has 0 saturated carbocycles. The fourth-order valence-corrected chi connectivity index (χ4v) is 2.80. The molecular weight excluding hydrogens is 372 g/mol. The summed E-state index contributed by atoms with van der Waals surface area (Å²) in [6.45, 7) is 1.67. The van der Waals surface area contributed by atoms with Crippen molar-refractivity contribution in [1.82, 2.24) is 0 Å². The van der Waals surface area contributed by atoms with Crippen molar-refractivity contribution in [2.75, 3.05) is 17.2 Å². The highest BCUT2D eigenvalue weighted by Gasteiger charge is 2.18. The van der Waals surface area contributed by atoms with Gasteiger partial charge >= 0.3 is 0 Å². The van der Waals surface area contributed by atoms with Crippen molar-refractivity contribution in [3.63, 3.8) is 0 Å². The minimum atomic E-state index is -0.219. The average Bonchev–Trinajstić information content (AvgIpc) is 2.56. The van der Waals surface area contributed by atoms with Crippen molar-refractivity contribution in [3.8, 4) is 5.75 Å². The standard InChI is InChI=1S/C18H15BrN2O3/c1-11(22)20-13-5-7-14(8-6-13)21-18(23)12-9-15-16(19)3-2-4-17(15)24-10-12/h2-9H,10H2,1H3,(H,20,22)(H,21,23). The molecule has 1 aliphatic heterocycles. The number of hydrogen-bond donors (Lipinski definition) is 2. The Balaban J connectivity index is 1.74. The van der Waals surface area contributed by atoms with Gasteiger partial charge in [-0.2, -0.15) is 0 Å². The molecule has 0 fully saturated rings. The molecular formula is C18H15BrN2O3. The lowest BCUT2D eigenvalue weighted by molar-refractivity contribution is -0.114. The first-order valence-electron chi connectivity index (χ1n) is 7.34. The van der Waals surface area contributed by atoms with Crippen LogP contribution < -0.4 is 15.4 Å². The van der Waals surface area contributed by atoms with Crippen molar-refractivity contribution in [2.45, 2.75) is 6.92 Å². The molecule has 0 spiro atoms. The van der Waals surface area contributed by atoms with Crippen LogP contribution >= 0.6 is 15.9 Å². The smallest absolute Gasteiger partial charge is 0.255 e. The van der Waals surface area contributed by atoms with Crippen LogP contribution in [0.2, 0.25) is 0 Å². The second kappa shape index (κ2) is 6.88. The molecule has 6 heteroatoms. The van der Waals surface area contributed by atoms with Crippen LogP contribution in [0.15, 0.2) is 52.5 Å². The Bertz CT molecular complexity index is 829. The van der Waals surface area contributed by atoms with Crippen LogP contribution in [0.5, 0.6) is 5.75 Å². The summed E-state index contributed by atoms with van der Waals surface area (Å²) in [5, 5.41) is 5.50. The summed E-state index contributed by atoms with van der Waals surface area (Å²) >= 11 is 3.46. The van der Waals surface area contributed by atoms with Gasteiger partial charge in [-0.25, -0.2) is 0 Å². The predicted octanol–water partition coefficient (Wildman–Crippen LogP) is 3.82. The molecule has 24 heavy (non-hydrogen) atoms. The van der Waals surface area contributed by atoms with Gasteiger partial charge in [-0.15, -0.1) is 0 Å². The van der Waals surface area contributed by atoms with E-state index in [0.29, 0.717) is 16.9 Å². The molecule has 2 amide bonds. The molecule has 1 heterocycles. The molecule has 0 bridgehead atoms. The van der Waals surface area contributed by atoms with Gasteiger partial charge in [0.15, 0.2) is 0 Å². The molecule has 3 rings (SSSR count). The quantitative estimate of drug-likeness (QED) is 0.842. The molecule has 0 saturated heterocycles. The summed E-state index contributed by atoms with van der Waals surface area (Å²) in [6.07, 6.45) is 1.82. The molecule has 122 valence electrons. The number of fused-ring (bicyclic) bond motifs is 1. The van der Waals surface area contributed by atoms with Gasteiger partial charge in [0, 0.05) is 28.3 Å². The first kappa shape index (κ1) is 16.3. The number of rotatable bonds is 3. The molecule has 1 aliphatic rings. The second-order valence-electron chi connectivity index (χ2n) is 5.32. The summed E-state index contributed by atoms with van der Waals surface area (Å²) in [5.74, 6) is 0.393. The van der Waals surface area contributed by atoms with E-state index in [4.69, 9.17) is 4.74 Å². The highest BCUT2D eigenvalue weighted by atomic mass is 79.9. The zero-order valence-corrected chi connectivity index (χ0v) is 14.5. The highest BCUT2D eigenvalue weighted by molar-refractivity contribution is 9.10. The Morgan fingerprint density at radius 3 is 2.38 bits per heavy atom. The van der Waals surface area contributed by atoms with Gasteiger partial charge in [0.1, 0.15) is 12.4 Å². The van der Waals surface area contributed by atoms with Crippen LogP contribution in [-0.2, 0) is 9.59 Å². The van der Waals surface area contributed by atoms with E-state index in [0.717, 1.165) is 15.8 Å². The lowest BCUT2D eigenvalue weighted by Crippen LogP contribution is -2.21. The fraction of sp³-hybridized carbons (Fsp3) is 0.111. The highest BCUT2D eigenvalue weighted by Crippen LogP contribution is 2.32. The summed E-state index contributed by atoms with van der Waals surface area (Å²) in [7, 11) is 0. The topological polar surface area (TPSA) is 67.4 Å². The summed E-state index contributed by atoms with van der Waals surface area (Å²) < 4.78 is 6.51. The Kier molecular flexibility index (Phi) is 4.66. The van der Waals surface area contributed by atoms with E-state index in [1.54, 1.807) is 24.3 Å². The number of carbonyl (C=O) groups is 2. The average molecular weight is 387 g/mol. The first-order valence-corrected chi connectivity index (χ1v) is 8.13. The van der Waals surface area contributed by atoms with Crippen LogP contribution in [0.1, 0.15) is 12.5 Å². The van der Waals surface area contributed by atoms with Crippen LogP contribution in [0.4, 0.5) is 11.4 Å². The third-order valence-electron chi connectivity index (χ3n) is 3.47. The largest absolute Gasteiger partial charge is 0.488 e. The number of halogens is 1. The van der Waals surface area contributed by atoms with Gasteiger partial charge in [-0.1, -0.05) is 22.0 Å². The summed E-state index contributed by atoms with van der Waals surface area (Å²) in [6, 6.07) is 12.6. The first-order chi connectivity index (χ1) is 11.5. The van der Waals surface area contributed by atoms with Crippen molar-refractivity contribution in [1.29, 1.82) is 0 Å². The number of carbonyl (C=O) groups excluding carboxylic acids is 2. The minimum Gasteiger partial charge on any atom is -0.488 e. The maximum absolute atomic E-state index is 12.4. The Morgan fingerprint density at radius 2 is 1.71 bits per heavy atom. The van der Waals surface area contributed by atoms with E-state index in [1.807, 2.05) is 24.3 Å². The lowest BCUT2D eigenvalue weighted by Gasteiger charge is -2.18. The van der Waals surface area contributed by atoms with E-state index in [9.17, 15) is 9.59 Å². The third kappa shape index (κ3) is 3.65. The molecule has 2 aromatic rings.